The Morgan fingerprint density at radius 1 is 1.25 bits per heavy atom. The maximum Gasteiger partial charge on any atom is 0.338 e. The van der Waals surface area contributed by atoms with Crippen LogP contribution in [0, 0.1) is 0 Å². The van der Waals surface area contributed by atoms with Gasteiger partial charge in [0.1, 0.15) is 5.75 Å². The average molecular weight is 243 g/mol. The molecule has 0 aliphatic carbocycles. The lowest BCUT2D eigenvalue weighted by Crippen LogP contribution is -2.06. The zero-order valence-corrected chi connectivity index (χ0v) is 10.00. The molecule has 3 nitrogen and oxygen atoms in total. The van der Waals surface area contributed by atoms with E-state index in [-0.39, 0.29) is 5.97 Å². The SMILES string of the molecule is COc1ccc(C(=O)OCCCCCl)cc1. The highest BCUT2D eigenvalue weighted by Gasteiger charge is 2.06. The smallest absolute Gasteiger partial charge is 0.338 e. The second-order valence-corrected chi connectivity index (χ2v) is 3.64. The molecule has 0 heterocycles. The highest BCUT2D eigenvalue weighted by molar-refractivity contribution is 6.17. The molecule has 0 radical (unpaired) electrons. The number of ether oxygens (including phenoxy) is 2. The van der Waals surface area contributed by atoms with E-state index in [1.165, 1.54) is 0 Å². The Hall–Kier alpha value is -1.22. The molecular formula is C12H15ClO3. The maximum absolute atomic E-state index is 11.5. The average Bonchev–Trinajstić information content (AvgIpc) is 2.34. The second-order valence-electron chi connectivity index (χ2n) is 3.26. The fourth-order valence-corrected chi connectivity index (χ4v) is 1.36. The summed E-state index contributed by atoms with van der Waals surface area (Å²) in [4.78, 5) is 11.5. The lowest BCUT2D eigenvalue weighted by atomic mass is 10.2. The summed E-state index contributed by atoms with van der Waals surface area (Å²) in [6.45, 7) is 0.414. The van der Waals surface area contributed by atoms with E-state index in [0.29, 0.717) is 18.1 Å². The first-order valence-corrected chi connectivity index (χ1v) is 5.68. The molecule has 88 valence electrons. The standard InChI is InChI=1S/C12H15ClO3/c1-15-11-6-4-10(5-7-11)12(14)16-9-3-2-8-13/h4-7H,2-3,8-9H2,1H3. The lowest BCUT2D eigenvalue weighted by Gasteiger charge is -2.04. The number of carbonyl (C=O) groups is 1. The van der Waals surface area contributed by atoms with E-state index in [4.69, 9.17) is 21.1 Å². The molecule has 0 saturated heterocycles. The molecule has 0 aliphatic rings. The Kier molecular flexibility index (Phi) is 5.72. The molecule has 0 aliphatic heterocycles. The summed E-state index contributed by atoms with van der Waals surface area (Å²) in [6.07, 6.45) is 1.66. The van der Waals surface area contributed by atoms with Gasteiger partial charge in [-0.25, -0.2) is 4.79 Å². The topological polar surface area (TPSA) is 35.5 Å². The van der Waals surface area contributed by atoms with Crippen molar-refractivity contribution in [3.63, 3.8) is 0 Å². The highest BCUT2D eigenvalue weighted by Crippen LogP contribution is 2.12. The number of benzene rings is 1. The van der Waals surface area contributed by atoms with Gasteiger partial charge >= 0.3 is 5.97 Å². The van der Waals surface area contributed by atoms with Crippen LogP contribution in [-0.2, 0) is 4.74 Å². The van der Waals surface area contributed by atoms with Gasteiger partial charge in [0.2, 0.25) is 0 Å². The van der Waals surface area contributed by atoms with Crippen LogP contribution in [0.4, 0.5) is 0 Å². The van der Waals surface area contributed by atoms with Crippen molar-refractivity contribution in [2.45, 2.75) is 12.8 Å². The molecule has 4 heteroatoms. The summed E-state index contributed by atoms with van der Waals surface area (Å²) in [6, 6.07) is 6.83. The number of hydrogen-bond donors (Lipinski definition) is 0. The quantitative estimate of drug-likeness (QED) is 0.437. The zero-order chi connectivity index (χ0) is 11.8. The molecular weight excluding hydrogens is 228 g/mol. The predicted octanol–water partition coefficient (Wildman–Crippen LogP) is 2.87. The molecule has 0 saturated carbocycles. The molecule has 16 heavy (non-hydrogen) atoms. The molecule has 0 fully saturated rings. The molecule has 1 aromatic rings. The Balaban J connectivity index is 2.40. The first kappa shape index (κ1) is 12.8. The van der Waals surface area contributed by atoms with Gasteiger partial charge in [0.05, 0.1) is 19.3 Å². The van der Waals surface area contributed by atoms with Gasteiger partial charge in [-0.2, -0.15) is 0 Å². The molecule has 0 atom stereocenters. The Labute approximate surface area is 100 Å². The largest absolute Gasteiger partial charge is 0.497 e. The first-order chi connectivity index (χ1) is 7.77. The van der Waals surface area contributed by atoms with Crippen molar-refractivity contribution in [1.82, 2.24) is 0 Å². The van der Waals surface area contributed by atoms with Gasteiger partial charge < -0.3 is 9.47 Å². The van der Waals surface area contributed by atoms with Crippen molar-refractivity contribution in [3.8, 4) is 5.75 Å². The maximum atomic E-state index is 11.5. The third-order valence-corrected chi connectivity index (χ3v) is 2.35. The lowest BCUT2D eigenvalue weighted by molar-refractivity contribution is 0.0500. The van der Waals surface area contributed by atoms with Gasteiger partial charge in [0, 0.05) is 5.88 Å². The van der Waals surface area contributed by atoms with Crippen LogP contribution in [-0.4, -0.2) is 25.6 Å². The van der Waals surface area contributed by atoms with Gasteiger partial charge in [-0.15, -0.1) is 11.6 Å². The van der Waals surface area contributed by atoms with E-state index in [9.17, 15) is 4.79 Å². The van der Waals surface area contributed by atoms with Gasteiger partial charge in [-0.3, -0.25) is 0 Å². The third kappa shape index (κ3) is 4.11. The van der Waals surface area contributed by atoms with Crippen LogP contribution in [0.1, 0.15) is 23.2 Å². The van der Waals surface area contributed by atoms with E-state index in [1.807, 2.05) is 0 Å². The van der Waals surface area contributed by atoms with Crippen LogP contribution in [0.15, 0.2) is 24.3 Å². The second kappa shape index (κ2) is 7.12. The molecule has 0 spiro atoms. The number of esters is 1. The van der Waals surface area contributed by atoms with Crippen LogP contribution in [0.5, 0.6) is 5.75 Å². The van der Waals surface area contributed by atoms with E-state index in [1.54, 1.807) is 31.4 Å². The number of hydrogen-bond acceptors (Lipinski definition) is 3. The number of carbonyl (C=O) groups excluding carboxylic acids is 1. The zero-order valence-electron chi connectivity index (χ0n) is 9.24. The predicted molar refractivity (Wildman–Crippen MR) is 63.2 cm³/mol. The van der Waals surface area contributed by atoms with Gasteiger partial charge in [0.15, 0.2) is 0 Å². The van der Waals surface area contributed by atoms with Gasteiger partial charge in [-0.1, -0.05) is 0 Å². The highest BCUT2D eigenvalue weighted by atomic mass is 35.5. The van der Waals surface area contributed by atoms with Crippen LogP contribution < -0.4 is 4.74 Å². The summed E-state index contributed by atoms with van der Waals surface area (Å²) >= 11 is 5.51. The van der Waals surface area contributed by atoms with Gasteiger partial charge in [-0.05, 0) is 37.1 Å². The summed E-state index contributed by atoms with van der Waals surface area (Å²) in [7, 11) is 1.58. The van der Waals surface area contributed by atoms with Crippen molar-refractivity contribution in [2.24, 2.45) is 0 Å². The number of alkyl halides is 1. The summed E-state index contributed by atoms with van der Waals surface area (Å²) in [5.41, 5.74) is 0.534. The van der Waals surface area contributed by atoms with Crippen LogP contribution in [0.2, 0.25) is 0 Å². The molecule has 1 aromatic carbocycles. The van der Waals surface area contributed by atoms with E-state index < -0.39 is 0 Å². The van der Waals surface area contributed by atoms with Crippen LogP contribution in [0.25, 0.3) is 0 Å². The monoisotopic (exact) mass is 242 g/mol. The van der Waals surface area contributed by atoms with Crippen molar-refractivity contribution in [2.75, 3.05) is 19.6 Å². The number of unbranched alkanes of at least 4 members (excludes halogenated alkanes) is 1. The van der Waals surface area contributed by atoms with Crippen LogP contribution in [0.3, 0.4) is 0 Å². The molecule has 0 unspecified atom stereocenters. The third-order valence-electron chi connectivity index (χ3n) is 2.09. The molecule has 0 aromatic heterocycles. The van der Waals surface area contributed by atoms with Crippen molar-refractivity contribution in [1.29, 1.82) is 0 Å². The summed E-state index contributed by atoms with van der Waals surface area (Å²) in [5.74, 6) is 1.01. The minimum Gasteiger partial charge on any atom is -0.497 e. The first-order valence-electron chi connectivity index (χ1n) is 5.15. The normalized spacial score (nSPS) is 9.88. The Bertz CT molecular complexity index is 322. The van der Waals surface area contributed by atoms with E-state index in [0.717, 1.165) is 18.6 Å². The minimum absolute atomic E-state index is 0.308. The molecule has 1 rings (SSSR count). The Morgan fingerprint density at radius 2 is 1.94 bits per heavy atom. The van der Waals surface area contributed by atoms with Crippen LogP contribution >= 0.6 is 11.6 Å². The van der Waals surface area contributed by atoms with Gasteiger partial charge in [0.25, 0.3) is 0 Å². The fourth-order valence-electron chi connectivity index (χ4n) is 1.17. The number of methoxy groups -OCH3 is 1. The molecule has 0 bridgehead atoms. The van der Waals surface area contributed by atoms with Crippen molar-refractivity contribution in [3.05, 3.63) is 29.8 Å². The molecule has 0 amide bonds. The van der Waals surface area contributed by atoms with Crippen molar-refractivity contribution < 1.29 is 14.3 Å². The van der Waals surface area contributed by atoms with Crippen molar-refractivity contribution >= 4 is 17.6 Å². The Morgan fingerprint density at radius 3 is 2.50 bits per heavy atom. The minimum atomic E-state index is -0.308. The van der Waals surface area contributed by atoms with E-state index >= 15 is 0 Å². The number of halogens is 1. The number of rotatable bonds is 6. The molecule has 0 N–H and O–H groups in total. The fraction of sp³-hybridized carbons (Fsp3) is 0.417. The summed E-state index contributed by atoms with van der Waals surface area (Å²) < 4.78 is 10.1. The van der Waals surface area contributed by atoms with E-state index in [2.05, 4.69) is 0 Å². The summed E-state index contributed by atoms with van der Waals surface area (Å²) in [5, 5.41) is 0.